The van der Waals surface area contributed by atoms with Gasteiger partial charge in [0.25, 0.3) is 0 Å². The van der Waals surface area contributed by atoms with E-state index < -0.39 is 11.5 Å². The van der Waals surface area contributed by atoms with Crippen LogP contribution in [0.1, 0.15) is 19.3 Å². The number of hydrogen-bond acceptors (Lipinski definition) is 2. The van der Waals surface area contributed by atoms with Crippen molar-refractivity contribution in [2.75, 3.05) is 5.32 Å². The van der Waals surface area contributed by atoms with E-state index in [1.54, 1.807) is 0 Å². The Morgan fingerprint density at radius 2 is 2.07 bits per heavy atom. The number of carboxylic acids is 1. The number of carboxylic acid groups (broad SMARTS) is 1. The van der Waals surface area contributed by atoms with Crippen molar-refractivity contribution in [1.82, 2.24) is 0 Å². The van der Waals surface area contributed by atoms with Crippen LogP contribution < -0.4 is 5.32 Å². The zero-order valence-corrected chi connectivity index (χ0v) is 9.75. The summed E-state index contributed by atoms with van der Waals surface area (Å²) in [6.45, 7) is 0. The molecule has 1 aliphatic carbocycles. The Bertz CT molecular complexity index is 388. The van der Waals surface area contributed by atoms with E-state index in [1.807, 2.05) is 24.3 Å². The Morgan fingerprint density at radius 3 is 2.53 bits per heavy atom. The van der Waals surface area contributed by atoms with Crippen LogP contribution in [-0.2, 0) is 4.79 Å². The van der Waals surface area contributed by atoms with E-state index in [9.17, 15) is 4.79 Å². The Balaban J connectivity index is 2.21. The fourth-order valence-electron chi connectivity index (χ4n) is 1.74. The molecule has 0 atom stereocenters. The minimum Gasteiger partial charge on any atom is -0.480 e. The molecule has 1 fully saturated rings. The van der Waals surface area contributed by atoms with Gasteiger partial charge in [-0.05, 0) is 47.3 Å². The van der Waals surface area contributed by atoms with Crippen molar-refractivity contribution < 1.29 is 9.90 Å². The Labute approximate surface area is 96.6 Å². The molecular formula is C11H12BrNO2. The molecule has 0 amide bonds. The van der Waals surface area contributed by atoms with Gasteiger partial charge in [-0.25, -0.2) is 4.79 Å². The largest absolute Gasteiger partial charge is 0.480 e. The van der Waals surface area contributed by atoms with Gasteiger partial charge in [0.05, 0.1) is 0 Å². The van der Waals surface area contributed by atoms with Gasteiger partial charge >= 0.3 is 5.97 Å². The molecule has 15 heavy (non-hydrogen) atoms. The molecule has 0 spiro atoms. The van der Waals surface area contributed by atoms with E-state index in [2.05, 4.69) is 21.2 Å². The first-order valence-electron chi connectivity index (χ1n) is 4.90. The number of para-hydroxylation sites is 1. The molecule has 0 aliphatic heterocycles. The number of benzene rings is 1. The van der Waals surface area contributed by atoms with Crippen LogP contribution in [0.5, 0.6) is 0 Å². The third kappa shape index (κ3) is 1.86. The first kappa shape index (κ1) is 10.5. The Hall–Kier alpha value is -1.03. The average Bonchev–Trinajstić information content (AvgIpc) is 2.13. The van der Waals surface area contributed by atoms with E-state index in [4.69, 9.17) is 5.11 Å². The van der Waals surface area contributed by atoms with Crippen LogP contribution in [-0.4, -0.2) is 16.6 Å². The van der Waals surface area contributed by atoms with Crippen molar-refractivity contribution in [3.05, 3.63) is 28.7 Å². The van der Waals surface area contributed by atoms with Crippen molar-refractivity contribution in [2.45, 2.75) is 24.8 Å². The highest BCUT2D eigenvalue weighted by molar-refractivity contribution is 9.10. The second-order valence-electron chi connectivity index (χ2n) is 3.85. The molecular weight excluding hydrogens is 258 g/mol. The van der Waals surface area contributed by atoms with Gasteiger partial charge in [-0.1, -0.05) is 12.1 Å². The van der Waals surface area contributed by atoms with Crippen LogP contribution in [0.15, 0.2) is 28.7 Å². The van der Waals surface area contributed by atoms with Crippen LogP contribution in [0, 0.1) is 0 Å². The highest BCUT2D eigenvalue weighted by Gasteiger charge is 2.44. The highest BCUT2D eigenvalue weighted by atomic mass is 79.9. The molecule has 0 saturated heterocycles. The van der Waals surface area contributed by atoms with Gasteiger partial charge in [-0.3, -0.25) is 0 Å². The fraction of sp³-hybridized carbons (Fsp3) is 0.364. The van der Waals surface area contributed by atoms with Gasteiger partial charge in [0.15, 0.2) is 0 Å². The topological polar surface area (TPSA) is 49.3 Å². The van der Waals surface area contributed by atoms with Crippen LogP contribution >= 0.6 is 15.9 Å². The maximum absolute atomic E-state index is 11.1. The van der Waals surface area contributed by atoms with E-state index in [0.717, 1.165) is 16.6 Å². The SMILES string of the molecule is O=C(O)C1(Nc2ccccc2Br)CCC1. The van der Waals surface area contributed by atoms with Crippen LogP contribution in [0.3, 0.4) is 0 Å². The predicted molar refractivity (Wildman–Crippen MR) is 62.0 cm³/mol. The maximum Gasteiger partial charge on any atom is 0.329 e. The van der Waals surface area contributed by atoms with E-state index >= 15 is 0 Å². The van der Waals surface area contributed by atoms with Gasteiger partial charge in [0, 0.05) is 10.2 Å². The van der Waals surface area contributed by atoms with Crippen molar-refractivity contribution in [3.63, 3.8) is 0 Å². The van der Waals surface area contributed by atoms with Crippen LogP contribution in [0.2, 0.25) is 0 Å². The van der Waals surface area contributed by atoms with E-state index in [-0.39, 0.29) is 0 Å². The molecule has 0 unspecified atom stereocenters. The lowest BCUT2D eigenvalue weighted by Crippen LogP contribution is -2.52. The molecule has 0 aromatic heterocycles. The van der Waals surface area contributed by atoms with Crippen molar-refractivity contribution in [1.29, 1.82) is 0 Å². The summed E-state index contributed by atoms with van der Waals surface area (Å²) in [6, 6.07) is 7.58. The number of aliphatic carboxylic acids is 1. The molecule has 0 radical (unpaired) electrons. The molecule has 2 rings (SSSR count). The normalized spacial score (nSPS) is 17.9. The van der Waals surface area contributed by atoms with Crippen molar-refractivity contribution in [3.8, 4) is 0 Å². The molecule has 1 saturated carbocycles. The summed E-state index contributed by atoms with van der Waals surface area (Å²) in [5, 5.41) is 12.3. The molecule has 1 aliphatic rings. The number of rotatable bonds is 3. The number of anilines is 1. The predicted octanol–water partition coefficient (Wildman–Crippen LogP) is 2.87. The minimum atomic E-state index is -0.760. The molecule has 2 N–H and O–H groups in total. The minimum absolute atomic E-state index is 0.698. The quantitative estimate of drug-likeness (QED) is 0.887. The van der Waals surface area contributed by atoms with Gasteiger partial charge in [0.1, 0.15) is 5.54 Å². The van der Waals surface area contributed by atoms with Crippen molar-refractivity contribution in [2.24, 2.45) is 0 Å². The zero-order chi connectivity index (χ0) is 10.9. The zero-order valence-electron chi connectivity index (χ0n) is 8.16. The molecule has 80 valence electrons. The summed E-state index contributed by atoms with van der Waals surface area (Å²) in [4.78, 5) is 11.1. The van der Waals surface area contributed by atoms with Gasteiger partial charge in [0.2, 0.25) is 0 Å². The van der Waals surface area contributed by atoms with Gasteiger partial charge in [-0.2, -0.15) is 0 Å². The van der Waals surface area contributed by atoms with Crippen molar-refractivity contribution >= 4 is 27.6 Å². The van der Waals surface area contributed by atoms with Gasteiger partial charge in [-0.15, -0.1) is 0 Å². The summed E-state index contributed by atoms with van der Waals surface area (Å²) < 4.78 is 0.900. The fourth-order valence-corrected chi connectivity index (χ4v) is 2.13. The average molecular weight is 270 g/mol. The molecule has 3 nitrogen and oxygen atoms in total. The smallest absolute Gasteiger partial charge is 0.329 e. The highest BCUT2D eigenvalue weighted by Crippen LogP contribution is 2.37. The summed E-state index contributed by atoms with van der Waals surface area (Å²) >= 11 is 3.40. The van der Waals surface area contributed by atoms with E-state index in [0.29, 0.717) is 12.8 Å². The Kier molecular flexibility index (Phi) is 2.69. The molecule has 4 heteroatoms. The summed E-state index contributed by atoms with van der Waals surface area (Å²) in [5.41, 5.74) is 0.101. The lowest BCUT2D eigenvalue weighted by Gasteiger charge is -2.39. The Morgan fingerprint density at radius 1 is 1.40 bits per heavy atom. The number of hydrogen-bond donors (Lipinski definition) is 2. The summed E-state index contributed by atoms with van der Waals surface area (Å²) in [6.07, 6.45) is 2.37. The number of nitrogens with one attached hydrogen (secondary N) is 1. The first-order valence-corrected chi connectivity index (χ1v) is 5.69. The van der Waals surface area contributed by atoms with Crippen LogP contribution in [0.4, 0.5) is 5.69 Å². The standard InChI is InChI=1S/C11H12BrNO2/c12-8-4-1-2-5-9(8)13-11(10(14)15)6-3-7-11/h1-2,4-5,13H,3,6-7H2,(H,14,15). The number of carbonyl (C=O) groups is 1. The third-order valence-electron chi connectivity index (χ3n) is 2.86. The lowest BCUT2D eigenvalue weighted by atomic mass is 9.76. The summed E-state index contributed by atoms with van der Waals surface area (Å²) in [7, 11) is 0. The van der Waals surface area contributed by atoms with Gasteiger partial charge < -0.3 is 10.4 Å². The molecule has 1 aromatic rings. The van der Waals surface area contributed by atoms with E-state index in [1.165, 1.54) is 0 Å². The molecule has 1 aromatic carbocycles. The lowest BCUT2D eigenvalue weighted by molar-refractivity contribution is -0.145. The van der Waals surface area contributed by atoms with Crippen LogP contribution in [0.25, 0.3) is 0 Å². The molecule has 0 bridgehead atoms. The maximum atomic E-state index is 11.1. The molecule has 0 heterocycles. The number of halogens is 1. The third-order valence-corrected chi connectivity index (χ3v) is 3.56. The first-order chi connectivity index (χ1) is 7.14. The second-order valence-corrected chi connectivity index (χ2v) is 4.70. The monoisotopic (exact) mass is 269 g/mol. The second kappa shape index (κ2) is 3.85. The summed E-state index contributed by atoms with van der Waals surface area (Å²) in [5.74, 6) is -0.760.